The van der Waals surface area contributed by atoms with Crippen LogP contribution in [-0.4, -0.2) is 26.8 Å². The van der Waals surface area contributed by atoms with Crippen LogP contribution in [0.15, 0.2) is 78.9 Å². The van der Waals surface area contributed by atoms with Crippen LogP contribution in [0.5, 0.6) is 0 Å². The fourth-order valence-electron chi connectivity index (χ4n) is 3.32. The molecule has 3 aromatic rings. The molecule has 1 N–H and O–H groups in total. The van der Waals surface area contributed by atoms with Crippen molar-refractivity contribution in [1.29, 1.82) is 5.26 Å². The Balaban J connectivity index is 1.93. The number of carbonyl (C=O) groups excluding carboxylic acids is 2. The number of rotatable bonds is 3. The van der Waals surface area contributed by atoms with E-state index in [0.29, 0.717) is 22.4 Å². The van der Waals surface area contributed by atoms with Crippen molar-refractivity contribution in [1.82, 2.24) is 9.97 Å². The van der Waals surface area contributed by atoms with Crippen LogP contribution in [-0.2, 0) is 9.59 Å². The van der Waals surface area contributed by atoms with Crippen LogP contribution in [0.25, 0.3) is 5.76 Å². The quantitative estimate of drug-likeness (QED) is 0.424. The number of pyridine rings is 2. The maximum absolute atomic E-state index is 12.9. The molecule has 0 spiro atoms. The topological polar surface area (TPSA) is 107 Å². The fraction of sp³-hybridized carbons (Fsp3) is 0.0455. The lowest BCUT2D eigenvalue weighted by Crippen LogP contribution is -2.29. The van der Waals surface area contributed by atoms with Gasteiger partial charge in [0.05, 0.1) is 23.2 Å². The lowest BCUT2D eigenvalue weighted by Gasteiger charge is -2.25. The minimum Gasteiger partial charge on any atom is -0.507 e. The molecule has 1 aromatic carbocycles. The number of aromatic nitrogens is 2. The molecule has 0 bridgehead atoms. The Kier molecular flexibility index (Phi) is 4.59. The van der Waals surface area contributed by atoms with Crippen LogP contribution in [0.1, 0.15) is 22.7 Å². The molecule has 1 aliphatic heterocycles. The van der Waals surface area contributed by atoms with Gasteiger partial charge in [-0.05, 0) is 54.1 Å². The number of carbonyl (C=O) groups is 2. The molecule has 29 heavy (non-hydrogen) atoms. The zero-order valence-electron chi connectivity index (χ0n) is 15.1. The molecule has 0 saturated carbocycles. The summed E-state index contributed by atoms with van der Waals surface area (Å²) < 4.78 is 0. The lowest BCUT2D eigenvalue weighted by atomic mass is 9.96. The molecule has 1 atom stereocenters. The molecule has 7 nitrogen and oxygen atoms in total. The average molecular weight is 382 g/mol. The number of nitriles is 1. The Morgan fingerprint density at radius 3 is 2.10 bits per heavy atom. The number of amides is 1. The summed E-state index contributed by atoms with van der Waals surface area (Å²) >= 11 is 0. The van der Waals surface area contributed by atoms with Gasteiger partial charge in [0.2, 0.25) is 0 Å². The summed E-state index contributed by atoms with van der Waals surface area (Å²) in [6.45, 7) is 0. The highest BCUT2D eigenvalue weighted by Gasteiger charge is 2.46. The Morgan fingerprint density at radius 1 is 0.931 bits per heavy atom. The van der Waals surface area contributed by atoms with Crippen molar-refractivity contribution in [3.05, 3.63) is 95.6 Å². The van der Waals surface area contributed by atoms with Crippen molar-refractivity contribution in [3.8, 4) is 6.07 Å². The summed E-state index contributed by atoms with van der Waals surface area (Å²) in [6, 6.07) is 14.0. The molecular formula is C22H14N4O3. The van der Waals surface area contributed by atoms with E-state index < -0.39 is 17.7 Å². The molecule has 1 saturated heterocycles. The first kappa shape index (κ1) is 18.1. The smallest absolute Gasteiger partial charge is 0.300 e. The van der Waals surface area contributed by atoms with Crippen LogP contribution >= 0.6 is 0 Å². The van der Waals surface area contributed by atoms with Crippen molar-refractivity contribution >= 4 is 23.1 Å². The third-order valence-electron chi connectivity index (χ3n) is 4.69. The van der Waals surface area contributed by atoms with Crippen LogP contribution in [0, 0.1) is 11.3 Å². The van der Waals surface area contributed by atoms with Crippen molar-refractivity contribution in [2.45, 2.75) is 6.04 Å². The van der Waals surface area contributed by atoms with Gasteiger partial charge in [-0.25, -0.2) is 0 Å². The number of nitrogens with zero attached hydrogens (tertiary/aromatic N) is 4. The highest BCUT2D eigenvalue weighted by Crippen LogP contribution is 2.41. The average Bonchev–Trinajstić information content (AvgIpc) is 3.05. The molecule has 0 radical (unpaired) electrons. The molecule has 0 aliphatic carbocycles. The van der Waals surface area contributed by atoms with Crippen LogP contribution in [0.3, 0.4) is 0 Å². The summed E-state index contributed by atoms with van der Waals surface area (Å²) in [5, 5.41) is 19.9. The molecule has 1 unspecified atom stereocenters. The van der Waals surface area contributed by atoms with Crippen molar-refractivity contribution in [2.75, 3.05) is 4.90 Å². The zero-order chi connectivity index (χ0) is 20.4. The van der Waals surface area contributed by atoms with Crippen molar-refractivity contribution in [2.24, 2.45) is 0 Å². The maximum Gasteiger partial charge on any atom is 0.300 e. The third-order valence-corrected chi connectivity index (χ3v) is 4.69. The SMILES string of the molecule is N#Cc1ccc(N2C(=O)C(=O)/C(=C(\O)c3ccncc3)C2c2ccncc2)cc1. The predicted octanol–water partition coefficient (Wildman–Crippen LogP) is 2.97. The predicted molar refractivity (Wildman–Crippen MR) is 104 cm³/mol. The van der Waals surface area contributed by atoms with Crippen LogP contribution < -0.4 is 4.90 Å². The van der Waals surface area contributed by atoms with E-state index in [1.807, 2.05) is 6.07 Å². The third kappa shape index (κ3) is 3.13. The highest BCUT2D eigenvalue weighted by atomic mass is 16.3. The Hall–Kier alpha value is -4.31. The molecule has 7 heteroatoms. The summed E-state index contributed by atoms with van der Waals surface area (Å²) in [7, 11) is 0. The van der Waals surface area contributed by atoms with Gasteiger partial charge in [-0.3, -0.25) is 24.5 Å². The van der Waals surface area contributed by atoms with Gasteiger partial charge < -0.3 is 5.11 Å². The standard InChI is InChI=1S/C22H14N4O3/c23-13-14-1-3-17(4-2-14)26-19(15-5-9-24-10-6-15)18(21(28)22(26)29)20(27)16-7-11-25-12-8-16/h1-12,19,27H/b20-18-. The molecule has 4 rings (SSSR count). The monoisotopic (exact) mass is 382 g/mol. The van der Waals surface area contributed by atoms with Gasteiger partial charge in [0.15, 0.2) is 0 Å². The summed E-state index contributed by atoms with van der Waals surface area (Å²) in [5.41, 5.74) is 1.87. The van der Waals surface area contributed by atoms with Gasteiger partial charge in [0, 0.05) is 36.0 Å². The largest absolute Gasteiger partial charge is 0.507 e. The van der Waals surface area contributed by atoms with Gasteiger partial charge in [-0.1, -0.05) is 0 Å². The second-order valence-corrected chi connectivity index (χ2v) is 6.34. The van der Waals surface area contributed by atoms with Gasteiger partial charge in [0.1, 0.15) is 5.76 Å². The van der Waals surface area contributed by atoms with Crippen molar-refractivity contribution in [3.63, 3.8) is 0 Å². The van der Waals surface area contributed by atoms with Gasteiger partial charge in [0.25, 0.3) is 11.7 Å². The van der Waals surface area contributed by atoms with E-state index in [4.69, 9.17) is 5.26 Å². The second-order valence-electron chi connectivity index (χ2n) is 6.34. The van der Waals surface area contributed by atoms with E-state index in [2.05, 4.69) is 9.97 Å². The fourth-order valence-corrected chi connectivity index (χ4v) is 3.32. The summed E-state index contributed by atoms with van der Waals surface area (Å²) in [6.07, 6.45) is 6.10. The molecule has 1 amide bonds. The number of Topliss-reactive ketones (excluding diaryl/α,β-unsaturated/α-hetero) is 1. The first-order chi connectivity index (χ1) is 14.1. The van der Waals surface area contributed by atoms with E-state index in [9.17, 15) is 14.7 Å². The highest BCUT2D eigenvalue weighted by molar-refractivity contribution is 6.51. The number of hydrogen-bond acceptors (Lipinski definition) is 6. The van der Waals surface area contributed by atoms with Crippen molar-refractivity contribution < 1.29 is 14.7 Å². The number of aliphatic hydroxyl groups is 1. The normalized spacial score (nSPS) is 17.9. The first-order valence-corrected chi connectivity index (χ1v) is 8.73. The summed E-state index contributed by atoms with van der Waals surface area (Å²) in [4.78, 5) is 35.1. The Morgan fingerprint density at radius 2 is 1.52 bits per heavy atom. The second kappa shape index (κ2) is 7.37. The van der Waals surface area contributed by atoms with Crippen LogP contribution in [0.4, 0.5) is 5.69 Å². The van der Waals surface area contributed by atoms with E-state index in [-0.39, 0.29) is 11.3 Å². The number of ketones is 1. The minimum atomic E-state index is -0.834. The lowest BCUT2D eigenvalue weighted by molar-refractivity contribution is -0.132. The Bertz CT molecular complexity index is 1150. The van der Waals surface area contributed by atoms with E-state index in [0.717, 1.165) is 0 Å². The molecule has 1 aliphatic rings. The molecular weight excluding hydrogens is 368 g/mol. The number of hydrogen-bond donors (Lipinski definition) is 1. The maximum atomic E-state index is 12.9. The van der Waals surface area contributed by atoms with E-state index in [1.54, 1.807) is 60.9 Å². The number of aliphatic hydroxyl groups excluding tert-OH is 1. The molecule has 3 heterocycles. The number of benzene rings is 1. The van der Waals surface area contributed by atoms with E-state index >= 15 is 0 Å². The molecule has 1 fully saturated rings. The Labute approximate surface area is 166 Å². The van der Waals surface area contributed by atoms with Gasteiger partial charge in [-0.15, -0.1) is 0 Å². The molecule has 140 valence electrons. The first-order valence-electron chi connectivity index (χ1n) is 8.73. The molecule has 2 aromatic heterocycles. The van der Waals surface area contributed by atoms with E-state index in [1.165, 1.54) is 17.3 Å². The van der Waals surface area contributed by atoms with Crippen LogP contribution in [0.2, 0.25) is 0 Å². The summed E-state index contributed by atoms with van der Waals surface area (Å²) in [5.74, 6) is -1.82. The zero-order valence-corrected chi connectivity index (χ0v) is 15.1. The van der Waals surface area contributed by atoms with Gasteiger partial charge >= 0.3 is 0 Å². The minimum absolute atomic E-state index is 0.0169. The number of anilines is 1. The van der Waals surface area contributed by atoms with Gasteiger partial charge in [-0.2, -0.15) is 5.26 Å².